The van der Waals surface area contributed by atoms with Gasteiger partial charge in [-0.3, -0.25) is 14.6 Å². The molecule has 0 aliphatic carbocycles. The summed E-state index contributed by atoms with van der Waals surface area (Å²) < 4.78 is 7.62. The van der Waals surface area contributed by atoms with E-state index in [1.807, 2.05) is 24.6 Å². The third-order valence-corrected chi connectivity index (χ3v) is 6.16. The Labute approximate surface area is 191 Å². The lowest BCUT2D eigenvalue weighted by molar-refractivity contribution is -0.115. The second-order valence-electron chi connectivity index (χ2n) is 8.21. The number of thiazole rings is 1. The Morgan fingerprint density at radius 3 is 2.66 bits per heavy atom. The van der Waals surface area contributed by atoms with E-state index in [4.69, 9.17) is 9.72 Å². The van der Waals surface area contributed by atoms with Crippen molar-refractivity contribution in [2.24, 2.45) is 7.05 Å². The zero-order chi connectivity index (χ0) is 22.7. The van der Waals surface area contributed by atoms with E-state index < -0.39 is 0 Å². The summed E-state index contributed by atoms with van der Waals surface area (Å²) in [6, 6.07) is 7.68. The molecule has 3 aromatic rings. The summed E-state index contributed by atoms with van der Waals surface area (Å²) in [6.07, 6.45) is 5.82. The zero-order valence-electron chi connectivity index (χ0n) is 18.4. The molecule has 1 unspecified atom stereocenters. The summed E-state index contributed by atoms with van der Waals surface area (Å²) in [5, 5.41) is 7.70. The van der Waals surface area contributed by atoms with Crippen molar-refractivity contribution in [1.82, 2.24) is 19.9 Å². The minimum atomic E-state index is -0.331. The van der Waals surface area contributed by atoms with Crippen molar-refractivity contribution in [2.75, 3.05) is 11.9 Å². The molecule has 0 saturated carbocycles. The molecule has 32 heavy (non-hydrogen) atoms. The van der Waals surface area contributed by atoms with Gasteiger partial charge in [0.25, 0.3) is 5.91 Å². The van der Waals surface area contributed by atoms with Crippen molar-refractivity contribution in [2.45, 2.75) is 44.8 Å². The van der Waals surface area contributed by atoms with Gasteiger partial charge in [-0.1, -0.05) is 6.07 Å². The average Bonchev–Trinajstić information content (AvgIpc) is 3.40. The number of hydrogen-bond donors (Lipinski definition) is 2. The molecule has 3 atom stereocenters. The summed E-state index contributed by atoms with van der Waals surface area (Å²) in [4.78, 5) is 33.7. The molecule has 0 aromatic carbocycles. The van der Waals surface area contributed by atoms with E-state index in [2.05, 4.69) is 35.5 Å². The number of carbonyl (C=O) groups excluding carboxylic acids is 2. The fourth-order valence-corrected chi connectivity index (χ4v) is 4.70. The molecule has 2 amide bonds. The first-order chi connectivity index (χ1) is 15.4. The number of hydrogen-bond acceptors (Lipinski definition) is 6. The fraction of sp³-hybridized carbons (Fsp3) is 0.391. The molecule has 8 nitrogen and oxygen atoms in total. The van der Waals surface area contributed by atoms with Gasteiger partial charge in [0.05, 0.1) is 30.0 Å². The highest BCUT2D eigenvalue weighted by molar-refractivity contribution is 7.14. The van der Waals surface area contributed by atoms with Crippen LogP contribution in [0.25, 0.3) is 11.4 Å². The minimum Gasteiger partial charge on any atom is -0.376 e. The van der Waals surface area contributed by atoms with Crippen molar-refractivity contribution in [3.05, 3.63) is 53.3 Å². The molecule has 0 bridgehead atoms. The summed E-state index contributed by atoms with van der Waals surface area (Å²) in [7, 11) is 1.83. The van der Waals surface area contributed by atoms with Gasteiger partial charge in [-0.25, -0.2) is 4.98 Å². The van der Waals surface area contributed by atoms with E-state index in [0.717, 1.165) is 24.2 Å². The fourth-order valence-electron chi connectivity index (χ4n) is 3.98. The van der Waals surface area contributed by atoms with Crippen LogP contribution in [0, 0.1) is 0 Å². The average molecular weight is 454 g/mol. The second-order valence-corrected chi connectivity index (χ2v) is 9.07. The first-order valence-corrected chi connectivity index (χ1v) is 11.5. The van der Waals surface area contributed by atoms with Crippen LogP contribution in [-0.2, 0) is 16.6 Å². The van der Waals surface area contributed by atoms with E-state index in [1.54, 1.807) is 23.0 Å². The molecule has 2 N–H and O–H groups in total. The highest BCUT2D eigenvalue weighted by Gasteiger charge is 2.26. The van der Waals surface area contributed by atoms with E-state index >= 15 is 0 Å². The number of ether oxygens (including phenoxy) is 1. The Kier molecular flexibility index (Phi) is 6.66. The highest BCUT2D eigenvalue weighted by atomic mass is 32.1. The van der Waals surface area contributed by atoms with E-state index in [-0.39, 0.29) is 30.6 Å². The Balaban J connectivity index is 1.36. The monoisotopic (exact) mass is 453 g/mol. The first-order valence-electron chi connectivity index (χ1n) is 10.7. The molecular formula is C23H27N5O3S. The predicted molar refractivity (Wildman–Crippen MR) is 124 cm³/mol. The van der Waals surface area contributed by atoms with E-state index in [0.29, 0.717) is 22.3 Å². The molecule has 9 heteroatoms. The van der Waals surface area contributed by atoms with Crippen LogP contribution in [0.3, 0.4) is 0 Å². The van der Waals surface area contributed by atoms with Crippen LogP contribution in [0.4, 0.5) is 5.13 Å². The van der Waals surface area contributed by atoms with E-state index in [1.165, 1.54) is 11.3 Å². The molecule has 168 valence electrons. The maximum absolute atomic E-state index is 12.2. The Morgan fingerprint density at radius 1 is 1.16 bits per heavy atom. The second kappa shape index (κ2) is 9.62. The number of nitrogens with zero attached hydrogens (tertiary/aromatic N) is 3. The van der Waals surface area contributed by atoms with Crippen LogP contribution in [0.15, 0.2) is 42.0 Å². The molecule has 0 radical (unpaired) electrons. The molecule has 3 aromatic heterocycles. The van der Waals surface area contributed by atoms with Gasteiger partial charge in [0.2, 0.25) is 5.91 Å². The minimum absolute atomic E-state index is 0.128. The highest BCUT2D eigenvalue weighted by Crippen LogP contribution is 2.33. The van der Waals surface area contributed by atoms with Gasteiger partial charge in [-0.05, 0) is 44.9 Å². The first kappa shape index (κ1) is 22.2. The predicted octanol–water partition coefficient (Wildman–Crippen LogP) is 3.58. The number of carbonyl (C=O) groups is 2. The summed E-state index contributed by atoms with van der Waals surface area (Å²) in [5.74, 6) is -0.264. The largest absolute Gasteiger partial charge is 0.376 e. The standard InChI is InChI=1S/C23H27N5O3S/c1-14-9-17(10-15(2)31-14)18-5-4-6-19(25-18)20-13-32-23(26-20)27-21(29)11-24-22(30)16-7-8-28(3)12-16/h4-8,12-15,17H,9-11H2,1-3H3,(H,24,30)(H,26,27,29)/t14-,15+,17?. The lowest BCUT2D eigenvalue weighted by atomic mass is 9.89. The number of amides is 2. The SMILES string of the molecule is C[C@@H]1CC(c2cccc(-c3csc(NC(=O)CNC(=O)c4ccn(C)c4)n3)n2)C[C@H](C)O1. The van der Waals surface area contributed by atoms with Gasteiger partial charge < -0.3 is 19.9 Å². The lowest BCUT2D eigenvalue weighted by Crippen LogP contribution is -2.32. The lowest BCUT2D eigenvalue weighted by Gasteiger charge is -2.31. The maximum atomic E-state index is 12.2. The van der Waals surface area contributed by atoms with Crippen LogP contribution in [0.5, 0.6) is 0 Å². The van der Waals surface area contributed by atoms with Crippen molar-refractivity contribution in [3.63, 3.8) is 0 Å². The van der Waals surface area contributed by atoms with Gasteiger partial charge in [0.1, 0.15) is 5.69 Å². The molecule has 0 spiro atoms. The summed E-state index contributed by atoms with van der Waals surface area (Å²) in [5.41, 5.74) is 3.06. The summed E-state index contributed by atoms with van der Waals surface area (Å²) >= 11 is 1.33. The molecule has 1 aliphatic rings. The van der Waals surface area contributed by atoms with Crippen LogP contribution < -0.4 is 10.6 Å². The number of aryl methyl sites for hydroxylation is 1. The number of rotatable bonds is 6. The number of nitrogens with one attached hydrogen (secondary N) is 2. The topological polar surface area (TPSA) is 98.1 Å². The molecule has 1 aliphatic heterocycles. The maximum Gasteiger partial charge on any atom is 0.253 e. The van der Waals surface area contributed by atoms with Gasteiger partial charge in [0, 0.05) is 36.4 Å². The Morgan fingerprint density at radius 2 is 1.94 bits per heavy atom. The molecule has 1 saturated heterocycles. The number of anilines is 1. The molecule has 4 rings (SSSR count). The van der Waals surface area contributed by atoms with Crippen molar-refractivity contribution >= 4 is 28.3 Å². The number of pyridine rings is 1. The van der Waals surface area contributed by atoms with Crippen LogP contribution in [0.1, 0.15) is 48.7 Å². The van der Waals surface area contributed by atoms with Crippen molar-refractivity contribution < 1.29 is 14.3 Å². The van der Waals surface area contributed by atoms with Gasteiger partial charge in [-0.15, -0.1) is 11.3 Å². The number of aromatic nitrogens is 3. The Hall–Kier alpha value is -3.04. The molecule has 1 fully saturated rings. The third-order valence-electron chi connectivity index (χ3n) is 5.40. The normalized spacial score (nSPS) is 20.7. The smallest absolute Gasteiger partial charge is 0.253 e. The van der Waals surface area contributed by atoms with Crippen LogP contribution in [0.2, 0.25) is 0 Å². The zero-order valence-corrected chi connectivity index (χ0v) is 19.2. The van der Waals surface area contributed by atoms with Gasteiger partial charge in [-0.2, -0.15) is 0 Å². The quantitative estimate of drug-likeness (QED) is 0.594. The van der Waals surface area contributed by atoms with Crippen molar-refractivity contribution in [3.8, 4) is 11.4 Å². The van der Waals surface area contributed by atoms with Gasteiger partial charge in [0.15, 0.2) is 5.13 Å². The van der Waals surface area contributed by atoms with Crippen molar-refractivity contribution in [1.29, 1.82) is 0 Å². The molecular weight excluding hydrogens is 426 g/mol. The van der Waals surface area contributed by atoms with Crippen LogP contribution >= 0.6 is 11.3 Å². The summed E-state index contributed by atoms with van der Waals surface area (Å²) in [6.45, 7) is 4.07. The molecule has 4 heterocycles. The third kappa shape index (κ3) is 5.41. The van der Waals surface area contributed by atoms with Crippen LogP contribution in [-0.4, -0.2) is 45.1 Å². The van der Waals surface area contributed by atoms with Gasteiger partial charge >= 0.3 is 0 Å². The Bertz CT molecular complexity index is 1100. The van der Waals surface area contributed by atoms with E-state index in [9.17, 15) is 9.59 Å².